The normalized spacial score (nSPS) is 20.3. The molecular weight excluding hydrogens is 228 g/mol. The van der Waals surface area contributed by atoms with Gasteiger partial charge in [-0.3, -0.25) is 0 Å². The van der Waals surface area contributed by atoms with Crippen LogP contribution in [0, 0.1) is 12.8 Å². The Morgan fingerprint density at radius 1 is 1.22 bits per heavy atom. The fraction of sp³-hybridized carbons (Fsp3) is 0.571. The summed E-state index contributed by atoms with van der Waals surface area (Å²) in [6.45, 7) is 5.60. The van der Waals surface area contributed by atoms with E-state index in [0.29, 0.717) is 25.2 Å². The highest BCUT2D eigenvalue weighted by Crippen LogP contribution is 2.37. The average molecular weight is 248 g/mol. The van der Waals surface area contributed by atoms with Gasteiger partial charge >= 0.3 is 0 Å². The lowest BCUT2D eigenvalue weighted by Gasteiger charge is -2.36. The van der Waals surface area contributed by atoms with E-state index in [-0.39, 0.29) is 0 Å². The molecule has 3 rings (SSSR count). The first-order valence-electron chi connectivity index (χ1n) is 6.57. The monoisotopic (exact) mass is 248 g/mol. The zero-order valence-electron chi connectivity index (χ0n) is 11.0. The van der Waals surface area contributed by atoms with Gasteiger partial charge in [-0.1, -0.05) is 0 Å². The molecule has 0 radical (unpaired) electrons. The molecule has 0 bridgehead atoms. The summed E-state index contributed by atoms with van der Waals surface area (Å²) >= 11 is 0. The number of hydrogen-bond donors (Lipinski definition) is 2. The van der Waals surface area contributed by atoms with Crippen molar-refractivity contribution in [2.24, 2.45) is 5.92 Å². The number of ether oxygens (including phenoxy) is 2. The van der Waals surface area contributed by atoms with E-state index in [4.69, 9.17) is 9.47 Å². The van der Waals surface area contributed by atoms with Crippen LogP contribution in [0.15, 0.2) is 12.1 Å². The van der Waals surface area contributed by atoms with Gasteiger partial charge in [0.1, 0.15) is 13.2 Å². The first kappa shape index (κ1) is 11.8. The molecule has 2 heterocycles. The van der Waals surface area contributed by atoms with Gasteiger partial charge in [0.05, 0.1) is 0 Å². The van der Waals surface area contributed by atoms with Gasteiger partial charge in [-0.2, -0.15) is 0 Å². The molecule has 4 heteroatoms. The Morgan fingerprint density at radius 2 is 1.89 bits per heavy atom. The molecule has 1 unspecified atom stereocenters. The third-order valence-corrected chi connectivity index (χ3v) is 3.86. The Balaban J connectivity index is 1.94. The van der Waals surface area contributed by atoms with E-state index in [1.54, 1.807) is 0 Å². The van der Waals surface area contributed by atoms with Crippen molar-refractivity contribution in [1.29, 1.82) is 0 Å². The van der Waals surface area contributed by atoms with Crippen molar-refractivity contribution in [2.45, 2.75) is 13.0 Å². The minimum atomic E-state index is 0.391. The fourth-order valence-corrected chi connectivity index (χ4v) is 2.73. The first-order chi connectivity index (χ1) is 8.79. The van der Waals surface area contributed by atoms with Gasteiger partial charge in [-0.25, -0.2) is 0 Å². The minimum Gasteiger partial charge on any atom is -0.486 e. The molecular formula is C14H20N2O2. The number of aryl methyl sites for hydroxylation is 1. The van der Waals surface area contributed by atoms with Crippen LogP contribution >= 0.6 is 0 Å². The smallest absolute Gasteiger partial charge is 0.161 e. The number of fused-ring (bicyclic) bond motifs is 1. The second-order valence-electron chi connectivity index (χ2n) is 5.04. The molecule has 0 aliphatic carbocycles. The third-order valence-electron chi connectivity index (χ3n) is 3.86. The molecule has 0 aromatic heterocycles. The molecule has 0 spiro atoms. The first-order valence-corrected chi connectivity index (χ1v) is 6.57. The molecule has 98 valence electrons. The summed E-state index contributed by atoms with van der Waals surface area (Å²) in [4.78, 5) is 0. The van der Waals surface area contributed by atoms with Crippen LogP contribution in [0.1, 0.15) is 17.2 Å². The molecule has 1 aromatic carbocycles. The maximum absolute atomic E-state index is 5.68. The zero-order valence-corrected chi connectivity index (χ0v) is 11.0. The quantitative estimate of drug-likeness (QED) is 0.845. The fourth-order valence-electron chi connectivity index (χ4n) is 2.73. The molecule has 1 fully saturated rings. The maximum Gasteiger partial charge on any atom is 0.161 e. The predicted molar refractivity (Wildman–Crippen MR) is 70.3 cm³/mol. The molecule has 0 saturated carbocycles. The molecule has 1 saturated heterocycles. The Morgan fingerprint density at radius 3 is 2.44 bits per heavy atom. The van der Waals surface area contributed by atoms with Crippen molar-refractivity contribution in [3.8, 4) is 11.5 Å². The highest BCUT2D eigenvalue weighted by Gasteiger charge is 2.29. The lowest BCUT2D eigenvalue weighted by Crippen LogP contribution is -2.48. The van der Waals surface area contributed by atoms with Crippen molar-refractivity contribution in [2.75, 3.05) is 33.4 Å². The Hall–Kier alpha value is -1.26. The van der Waals surface area contributed by atoms with Crippen molar-refractivity contribution in [3.63, 3.8) is 0 Å². The van der Waals surface area contributed by atoms with Crippen molar-refractivity contribution in [1.82, 2.24) is 10.6 Å². The summed E-state index contributed by atoms with van der Waals surface area (Å²) in [6.07, 6.45) is 0. The minimum absolute atomic E-state index is 0.391. The predicted octanol–water partition coefficient (Wildman–Crippen LogP) is 1.25. The van der Waals surface area contributed by atoms with Crippen LogP contribution in [0.3, 0.4) is 0 Å². The molecule has 2 aliphatic rings. The van der Waals surface area contributed by atoms with Crippen LogP contribution in [0.4, 0.5) is 0 Å². The van der Waals surface area contributed by atoms with Gasteiger partial charge < -0.3 is 20.1 Å². The van der Waals surface area contributed by atoms with Crippen molar-refractivity contribution < 1.29 is 9.47 Å². The number of benzene rings is 1. The van der Waals surface area contributed by atoms with Crippen LogP contribution in [0.2, 0.25) is 0 Å². The van der Waals surface area contributed by atoms with E-state index in [1.165, 1.54) is 11.1 Å². The molecule has 1 aromatic rings. The standard InChI is InChI=1S/C14H20N2O2/c1-9-5-12-13(18-4-3-17-12)6-11(9)14(15-2)10-7-16-8-10/h5-6,10,14-16H,3-4,7-8H2,1-2H3. The highest BCUT2D eigenvalue weighted by molar-refractivity contribution is 5.49. The molecule has 2 aliphatic heterocycles. The maximum atomic E-state index is 5.68. The van der Waals surface area contributed by atoms with E-state index in [0.717, 1.165) is 24.6 Å². The summed E-state index contributed by atoms with van der Waals surface area (Å²) in [5.74, 6) is 2.43. The summed E-state index contributed by atoms with van der Waals surface area (Å²) in [5, 5.41) is 6.76. The van der Waals surface area contributed by atoms with Crippen LogP contribution in [-0.4, -0.2) is 33.4 Å². The van der Waals surface area contributed by atoms with Crippen LogP contribution < -0.4 is 20.1 Å². The summed E-state index contributed by atoms with van der Waals surface area (Å²) in [5.41, 5.74) is 2.60. The largest absolute Gasteiger partial charge is 0.486 e. The van der Waals surface area contributed by atoms with E-state index >= 15 is 0 Å². The number of nitrogens with one attached hydrogen (secondary N) is 2. The zero-order chi connectivity index (χ0) is 12.5. The second kappa shape index (κ2) is 4.78. The lowest BCUT2D eigenvalue weighted by atomic mass is 9.86. The molecule has 0 amide bonds. The van der Waals surface area contributed by atoms with Crippen LogP contribution in [0.25, 0.3) is 0 Å². The summed E-state index contributed by atoms with van der Waals surface area (Å²) in [6, 6.07) is 4.63. The Kier molecular flexibility index (Phi) is 3.14. The van der Waals surface area contributed by atoms with Gasteiger partial charge in [0.15, 0.2) is 11.5 Å². The van der Waals surface area contributed by atoms with E-state index < -0.39 is 0 Å². The lowest BCUT2D eigenvalue weighted by molar-refractivity contribution is 0.170. The van der Waals surface area contributed by atoms with E-state index in [2.05, 4.69) is 29.7 Å². The SMILES string of the molecule is CNC(c1cc2c(cc1C)OCCO2)C1CNC1. The van der Waals surface area contributed by atoms with E-state index in [9.17, 15) is 0 Å². The van der Waals surface area contributed by atoms with Gasteiger partial charge in [-0.15, -0.1) is 0 Å². The third kappa shape index (κ3) is 1.95. The van der Waals surface area contributed by atoms with Gasteiger partial charge in [0.25, 0.3) is 0 Å². The molecule has 1 atom stereocenters. The number of hydrogen-bond acceptors (Lipinski definition) is 4. The Bertz CT molecular complexity index is 444. The van der Waals surface area contributed by atoms with Crippen LogP contribution in [-0.2, 0) is 0 Å². The van der Waals surface area contributed by atoms with Crippen LogP contribution in [0.5, 0.6) is 11.5 Å². The topological polar surface area (TPSA) is 42.5 Å². The van der Waals surface area contributed by atoms with Gasteiger partial charge in [0.2, 0.25) is 0 Å². The van der Waals surface area contributed by atoms with Crippen molar-refractivity contribution in [3.05, 3.63) is 23.3 Å². The molecule has 2 N–H and O–H groups in total. The van der Waals surface area contributed by atoms with Crippen molar-refractivity contribution >= 4 is 0 Å². The second-order valence-corrected chi connectivity index (χ2v) is 5.04. The summed E-state index contributed by atoms with van der Waals surface area (Å²) < 4.78 is 11.3. The highest BCUT2D eigenvalue weighted by atomic mass is 16.6. The Labute approximate surface area is 108 Å². The van der Waals surface area contributed by atoms with Gasteiger partial charge in [-0.05, 0) is 37.2 Å². The summed E-state index contributed by atoms with van der Waals surface area (Å²) in [7, 11) is 2.03. The molecule has 4 nitrogen and oxygen atoms in total. The average Bonchev–Trinajstić information content (AvgIpc) is 2.33. The molecule has 18 heavy (non-hydrogen) atoms. The van der Waals surface area contributed by atoms with Gasteiger partial charge in [0, 0.05) is 25.0 Å². The van der Waals surface area contributed by atoms with E-state index in [1.807, 2.05) is 7.05 Å². The number of rotatable bonds is 3.